The summed E-state index contributed by atoms with van der Waals surface area (Å²) in [5.74, 6) is -0.223. The van der Waals surface area contributed by atoms with Crippen molar-refractivity contribution in [2.45, 2.75) is 26.3 Å². The molecule has 0 amide bonds. The predicted molar refractivity (Wildman–Crippen MR) is 66.7 cm³/mol. The normalized spacial score (nSPS) is 12.4. The summed E-state index contributed by atoms with van der Waals surface area (Å²) >= 11 is 5.65. The van der Waals surface area contributed by atoms with Gasteiger partial charge in [-0.15, -0.1) is 12.4 Å². The third kappa shape index (κ3) is 3.81. The van der Waals surface area contributed by atoms with E-state index >= 15 is 0 Å². The molecule has 92 valence electrons. The summed E-state index contributed by atoms with van der Waals surface area (Å²) in [6, 6.07) is 1.91. The van der Waals surface area contributed by atoms with Crippen LogP contribution in [0.25, 0.3) is 0 Å². The third-order valence-electron chi connectivity index (χ3n) is 2.18. The van der Waals surface area contributed by atoms with Gasteiger partial charge in [-0.05, 0) is 24.5 Å². The first-order valence-electron chi connectivity index (χ1n) is 4.85. The highest BCUT2D eigenvalue weighted by molar-refractivity contribution is 6.32. The minimum absolute atomic E-state index is 0. The van der Waals surface area contributed by atoms with Crippen molar-refractivity contribution in [1.82, 2.24) is 0 Å². The summed E-state index contributed by atoms with van der Waals surface area (Å²) in [4.78, 5) is 0. The molecule has 0 saturated carbocycles. The number of nitrogens with two attached hydrogens (primary N) is 1. The van der Waals surface area contributed by atoms with Crippen LogP contribution in [0.4, 0.5) is 4.39 Å². The van der Waals surface area contributed by atoms with Crippen LogP contribution in [0.2, 0.25) is 5.02 Å². The van der Waals surface area contributed by atoms with Crippen molar-refractivity contribution in [3.8, 4) is 5.75 Å². The second-order valence-corrected chi connectivity index (χ2v) is 4.47. The zero-order valence-corrected chi connectivity index (χ0v) is 10.8. The molecule has 0 aliphatic heterocycles. The summed E-state index contributed by atoms with van der Waals surface area (Å²) in [7, 11) is 0. The number of hydrogen-bond acceptors (Lipinski definition) is 2. The van der Waals surface area contributed by atoms with Crippen LogP contribution >= 0.6 is 24.0 Å². The average molecular weight is 268 g/mol. The third-order valence-corrected chi connectivity index (χ3v) is 2.47. The minimum Gasteiger partial charge on any atom is -0.506 e. The van der Waals surface area contributed by atoms with Crippen LogP contribution in [0.3, 0.4) is 0 Å². The van der Waals surface area contributed by atoms with E-state index in [9.17, 15) is 9.50 Å². The molecule has 1 atom stereocenters. The van der Waals surface area contributed by atoms with Crippen LogP contribution in [0.5, 0.6) is 5.75 Å². The maximum Gasteiger partial charge on any atom is 0.139 e. The maximum absolute atomic E-state index is 13.1. The molecular weight excluding hydrogens is 252 g/mol. The molecular formula is C11H16Cl2FNO. The quantitative estimate of drug-likeness (QED) is 0.878. The smallest absolute Gasteiger partial charge is 0.139 e. The Morgan fingerprint density at radius 2 is 2.00 bits per heavy atom. The average Bonchev–Trinajstić information content (AvgIpc) is 2.09. The van der Waals surface area contributed by atoms with Crippen LogP contribution in [-0.4, -0.2) is 5.11 Å². The van der Waals surface area contributed by atoms with E-state index in [2.05, 4.69) is 0 Å². The highest BCUT2D eigenvalue weighted by Gasteiger charge is 2.16. The van der Waals surface area contributed by atoms with E-state index in [0.29, 0.717) is 17.9 Å². The zero-order valence-electron chi connectivity index (χ0n) is 9.21. The van der Waals surface area contributed by atoms with Crippen LogP contribution in [0.1, 0.15) is 31.9 Å². The molecule has 2 nitrogen and oxygen atoms in total. The van der Waals surface area contributed by atoms with E-state index in [1.807, 2.05) is 13.8 Å². The van der Waals surface area contributed by atoms with E-state index in [0.717, 1.165) is 6.07 Å². The SMILES string of the molecule is CC(C)C[C@H](N)c1cc(F)cc(Cl)c1O.Cl. The molecule has 0 heterocycles. The molecule has 3 N–H and O–H groups in total. The molecule has 0 aromatic heterocycles. The fourth-order valence-corrected chi connectivity index (χ4v) is 1.72. The fraction of sp³-hybridized carbons (Fsp3) is 0.455. The molecule has 0 unspecified atom stereocenters. The second-order valence-electron chi connectivity index (χ2n) is 4.06. The highest BCUT2D eigenvalue weighted by Crippen LogP contribution is 2.33. The monoisotopic (exact) mass is 267 g/mol. The summed E-state index contributed by atoms with van der Waals surface area (Å²) in [6.45, 7) is 4.02. The summed E-state index contributed by atoms with van der Waals surface area (Å²) < 4.78 is 13.1. The van der Waals surface area contributed by atoms with Crippen molar-refractivity contribution >= 4 is 24.0 Å². The number of phenols is 1. The molecule has 1 aromatic rings. The van der Waals surface area contributed by atoms with Gasteiger partial charge in [0.05, 0.1) is 5.02 Å². The van der Waals surface area contributed by atoms with Crippen molar-refractivity contribution in [3.05, 3.63) is 28.5 Å². The van der Waals surface area contributed by atoms with Gasteiger partial charge in [-0.25, -0.2) is 4.39 Å². The molecule has 5 heteroatoms. The predicted octanol–water partition coefficient (Wildman–Crippen LogP) is 3.65. The van der Waals surface area contributed by atoms with Gasteiger partial charge in [-0.3, -0.25) is 0 Å². The van der Waals surface area contributed by atoms with E-state index in [4.69, 9.17) is 17.3 Å². The van der Waals surface area contributed by atoms with Crippen molar-refractivity contribution in [1.29, 1.82) is 0 Å². The number of hydrogen-bond donors (Lipinski definition) is 2. The lowest BCUT2D eigenvalue weighted by Crippen LogP contribution is -2.13. The first-order chi connectivity index (χ1) is 6.91. The molecule has 0 saturated heterocycles. The van der Waals surface area contributed by atoms with Crippen LogP contribution in [0.15, 0.2) is 12.1 Å². The summed E-state index contributed by atoms with van der Waals surface area (Å²) in [5.41, 5.74) is 6.22. The Morgan fingerprint density at radius 1 is 1.44 bits per heavy atom. The first-order valence-corrected chi connectivity index (χ1v) is 5.23. The van der Waals surface area contributed by atoms with Gasteiger partial charge in [-0.1, -0.05) is 25.4 Å². The highest BCUT2D eigenvalue weighted by atomic mass is 35.5. The van der Waals surface area contributed by atoms with Crippen molar-refractivity contribution in [2.75, 3.05) is 0 Å². The van der Waals surface area contributed by atoms with Crippen molar-refractivity contribution in [2.24, 2.45) is 11.7 Å². The lowest BCUT2D eigenvalue weighted by Gasteiger charge is -2.16. The second kappa shape index (κ2) is 6.28. The van der Waals surface area contributed by atoms with Gasteiger partial charge >= 0.3 is 0 Å². The fourth-order valence-electron chi connectivity index (χ4n) is 1.50. The molecule has 0 fully saturated rings. The molecule has 0 aliphatic rings. The molecule has 1 rings (SSSR count). The lowest BCUT2D eigenvalue weighted by atomic mass is 9.97. The Balaban J connectivity index is 0.00000225. The van der Waals surface area contributed by atoms with Gasteiger partial charge in [0, 0.05) is 11.6 Å². The van der Waals surface area contributed by atoms with Gasteiger partial charge in [0.1, 0.15) is 11.6 Å². The minimum atomic E-state index is -0.480. The Hall–Kier alpha value is -0.510. The first kappa shape index (κ1) is 15.5. The molecule has 0 aliphatic carbocycles. The van der Waals surface area contributed by atoms with Gasteiger partial charge in [0.15, 0.2) is 0 Å². The molecule has 16 heavy (non-hydrogen) atoms. The lowest BCUT2D eigenvalue weighted by molar-refractivity contribution is 0.442. The number of phenolic OH excluding ortho intramolecular Hbond substituents is 1. The number of aromatic hydroxyl groups is 1. The van der Waals surface area contributed by atoms with Gasteiger partial charge in [0.2, 0.25) is 0 Å². The molecule has 0 spiro atoms. The van der Waals surface area contributed by atoms with Crippen molar-refractivity contribution in [3.63, 3.8) is 0 Å². The van der Waals surface area contributed by atoms with Crippen molar-refractivity contribution < 1.29 is 9.50 Å². The van der Waals surface area contributed by atoms with E-state index in [-0.39, 0.29) is 23.2 Å². The maximum atomic E-state index is 13.1. The summed E-state index contributed by atoms with van der Waals surface area (Å²) in [6.07, 6.45) is 0.674. The van der Waals surface area contributed by atoms with E-state index in [1.165, 1.54) is 6.07 Å². The Bertz CT molecular complexity index is 358. The van der Waals surface area contributed by atoms with Crippen LogP contribution in [-0.2, 0) is 0 Å². The zero-order chi connectivity index (χ0) is 11.6. The van der Waals surface area contributed by atoms with Gasteiger partial charge < -0.3 is 10.8 Å². The largest absolute Gasteiger partial charge is 0.506 e. The number of benzene rings is 1. The van der Waals surface area contributed by atoms with Gasteiger partial charge in [0.25, 0.3) is 0 Å². The van der Waals surface area contributed by atoms with Crippen LogP contribution in [0, 0.1) is 11.7 Å². The molecule has 0 radical (unpaired) electrons. The number of halogens is 3. The van der Waals surface area contributed by atoms with Gasteiger partial charge in [-0.2, -0.15) is 0 Å². The standard InChI is InChI=1S/C11H15ClFNO.ClH/c1-6(2)3-10(14)8-4-7(13)5-9(12)11(8)15;/h4-6,10,15H,3,14H2,1-2H3;1H/t10-;/m0./s1. The van der Waals surface area contributed by atoms with E-state index in [1.54, 1.807) is 0 Å². The molecule has 1 aromatic carbocycles. The number of rotatable bonds is 3. The topological polar surface area (TPSA) is 46.2 Å². The summed E-state index contributed by atoms with van der Waals surface area (Å²) in [5, 5.41) is 9.63. The Kier molecular flexibility index (Phi) is 6.08. The Morgan fingerprint density at radius 3 is 2.50 bits per heavy atom. The molecule has 0 bridgehead atoms. The van der Waals surface area contributed by atoms with E-state index < -0.39 is 11.9 Å². The Labute approximate surface area is 106 Å². The van der Waals surface area contributed by atoms with Crippen LogP contribution < -0.4 is 5.73 Å².